The lowest BCUT2D eigenvalue weighted by Gasteiger charge is -2.19. The third-order valence-electron chi connectivity index (χ3n) is 2.16. The Labute approximate surface area is 105 Å². The van der Waals surface area contributed by atoms with Crippen molar-refractivity contribution in [1.82, 2.24) is 15.2 Å². The van der Waals surface area contributed by atoms with Gasteiger partial charge in [-0.05, 0) is 17.7 Å². The third kappa shape index (κ3) is 4.65. The maximum Gasteiger partial charge on any atom is 0.323 e. The predicted octanol–water partition coefficient (Wildman–Crippen LogP) is 0.864. The van der Waals surface area contributed by atoms with Gasteiger partial charge in [-0.2, -0.15) is 0 Å². The van der Waals surface area contributed by atoms with Crippen LogP contribution in [-0.2, 0) is 11.3 Å². The molecule has 1 rings (SSSR count). The van der Waals surface area contributed by atoms with E-state index >= 15 is 0 Å². The first-order valence-electron chi connectivity index (χ1n) is 5.38. The number of nitrogens with zero attached hydrogens (tertiary/aromatic N) is 2. The monoisotopic (exact) mass is 249 g/mol. The maximum absolute atomic E-state index is 11.7. The third-order valence-corrected chi connectivity index (χ3v) is 2.16. The number of nitrogens with one attached hydrogen (secondary N) is 1. The fourth-order valence-corrected chi connectivity index (χ4v) is 1.33. The number of urea groups is 1. The second kappa shape index (κ2) is 7.05. The molecule has 0 aliphatic rings. The molecule has 0 bridgehead atoms. The Morgan fingerprint density at radius 1 is 1.44 bits per heavy atom. The predicted molar refractivity (Wildman–Crippen MR) is 65.9 cm³/mol. The van der Waals surface area contributed by atoms with Gasteiger partial charge in [-0.15, -0.1) is 6.58 Å². The zero-order valence-corrected chi connectivity index (χ0v) is 9.87. The number of pyridine rings is 1. The highest BCUT2D eigenvalue weighted by Gasteiger charge is 2.14. The highest BCUT2D eigenvalue weighted by atomic mass is 16.4. The Morgan fingerprint density at radius 2 is 2.11 bits per heavy atom. The van der Waals surface area contributed by atoms with Crippen LogP contribution in [0.5, 0.6) is 0 Å². The van der Waals surface area contributed by atoms with E-state index in [1.54, 1.807) is 24.5 Å². The van der Waals surface area contributed by atoms with E-state index in [2.05, 4.69) is 16.9 Å². The molecule has 6 heteroatoms. The van der Waals surface area contributed by atoms with Gasteiger partial charge in [0.15, 0.2) is 0 Å². The molecule has 0 atom stereocenters. The summed E-state index contributed by atoms with van der Waals surface area (Å²) in [4.78, 5) is 27.4. The summed E-state index contributed by atoms with van der Waals surface area (Å²) in [5.74, 6) is -1.06. The fraction of sp³-hybridized carbons (Fsp3) is 0.250. The van der Waals surface area contributed by atoms with Crippen LogP contribution in [0.15, 0.2) is 37.2 Å². The van der Waals surface area contributed by atoms with Crippen molar-refractivity contribution in [2.45, 2.75) is 6.54 Å². The minimum absolute atomic E-state index is 0.189. The van der Waals surface area contributed by atoms with Gasteiger partial charge in [0, 0.05) is 25.5 Å². The summed E-state index contributed by atoms with van der Waals surface area (Å²) in [7, 11) is 0. The molecular weight excluding hydrogens is 234 g/mol. The topological polar surface area (TPSA) is 82.5 Å². The summed E-state index contributed by atoms with van der Waals surface area (Å²) in [5, 5.41) is 11.3. The van der Waals surface area contributed by atoms with E-state index in [9.17, 15) is 9.59 Å². The zero-order chi connectivity index (χ0) is 13.4. The molecule has 18 heavy (non-hydrogen) atoms. The normalized spacial score (nSPS) is 9.56. The molecule has 0 aromatic carbocycles. The molecule has 1 aromatic rings. The van der Waals surface area contributed by atoms with E-state index in [1.807, 2.05) is 0 Å². The molecule has 6 nitrogen and oxygen atoms in total. The zero-order valence-electron chi connectivity index (χ0n) is 9.87. The van der Waals surface area contributed by atoms with Gasteiger partial charge >= 0.3 is 12.0 Å². The van der Waals surface area contributed by atoms with Crippen LogP contribution in [0.1, 0.15) is 5.56 Å². The van der Waals surface area contributed by atoms with E-state index in [-0.39, 0.29) is 13.1 Å². The number of aromatic nitrogens is 1. The molecule has 0 unspecified atom stereocenters. The smallest absolute Gasteiger partial charge is 0.323 e. The number of carbonyl (C=O) groups is 2. The SMILES string of the molecule is C=CCN(CC(=O)O)C(=O)NCc1ccncc1. The lowest BCUT2D eigenvalue weighted by Crippen LogP contribution is -2.42. The van der Waals surface area contributed by atoms with E-state index < -0.39 is 12.0 Å². The molecule has 2 N–H and O–H groups in total. The quantitative estimate of drug-likeness (QED) is 0.733. The average Bonchev–Trinajstić information content (AvgIpc) is 2.36. The van der Waals surface area contributed by atoms with Gasteiger partial charge < -0.3 is 15.3 Å². The molecule has 1 heterocycles. The summed E-state index contributed by atoms with van der Waals surface area (Å²) < 4.78 is 0. The molecule has 1 aromatic heterocycles. The van der Waals surface area contributed by atoms with E-state index in [1.165, 1.54) is 6.08 Å². The van der Waals surface area contributed by atoms with Crippen LogP contribution in [0.4, 0.5) is 4.79 Å². The maximum atomic E-state index is 11.7. The molecular formula is C12H15N3O3. The summed E-state index contributed by atoms with van der Waals surface area (Å²) >= 11 is 0. The molecule has 2 amide bonds. The van der Waals surface area contributed by atoms with Crippen molar-refractivity contribution in [3.05, 3.63) is 42.7 Å². The van der Waals surface area contributed by atoms with Crippen molar-refractivity contribution in [3.63, 3.8) is 0 Å². The molecule has 0 aliphatic carbocycles. The Bertz CT molecular complexity index is 420. The number of aliphatic carboxylic acids is 1. The Balaban J connectivity index is 2.51. The lowest BCUT2D eigenvalue weighted by molar-refractivity contribution is -0.137. The first kappa shape index (κ1) is 13.7. The fourth-order valence-electron chi connectivity index (χ4n) is 1.33. The molecule has 0 saturated heterocycles. The van der Waals surface area contributed by atoms with Gasteiger partial charge in [-0.3, -0.25) is 9.78 Å². The molecule has 0 aliphatic heterocycles. The first-order valence-corrected chi connectivity index (χ1v) is 5.38. The van der Waals surface area contributed by atoms with Gasteiger partial charge in [0.2, 0.25) is 0 Å². The lowest BCUT2D eigenvalue weighted by atomic mass is 10.3. The minimum atomic E-state index is -1.06. The number of hydrogen-bond acceptors (Lipinski definition) is 3. The van der Waals surface area contributed by atoms with Crippen molar-refractivity contribution in [2.75, 3.05) is 13.1 Å². The molecule has 96 valence electrons. The van der Waals surface area contributed by atoms with Crippen LogP contribution in [0.2, 0.25) is 0 Å². The Morgan fingerprint density at radius 3 is 2.67 bits per heavy atom. The van der Waals surface area contributed by atoms with E-state index in [4.69, 9.17) is 5.11 Å². The first-order chi connectivity index (χ1) is 8.63. The van der Waals surface area contributed by atoms with Crippen LogP contribution in [0, 0.1) is 0 Å². The average molecular weight is 249 g/mol. The summed E-state index contributed by atoms with van der Waals surface area (Å²) in [5.41, 5.74) is 0.896. The van der Waals surface area contributed by atoms with Crippen molar-refractivity contribution in [3.8, 4) is 0 Å². The van der Waals surface area contributed by atoms with Crippen LogP contribution in [-0.4, -0.2) is 40.1 Å². The second-order valence-electron chi connectivity index (χ2n) is 3.58. The second-order valence-corrected chi connectivity index (χ2v) is 3.58. The number of hydrogen-bond donors (Lipinski definition) is 2. The number of carboxylic acid groups (broad SMARTS) is 1. The standard InChI is InChI=1S/C12H15N3O3/c1-2-7-15(9-11(16)17)12(18)14-8-10-3-5-13-6-4-10/h2-6H,1,7-9H2,(H,14,18)(H,16,17). The van der Waals surface area contributed by atoms with Gasteiger partial charge in [0.05, 0.1) is 0 Å². The molecule has 0 radical (unpaired) electrons. The molecule has 0 saturated carbocycles. The van der Waals surface area contributed by atoms with E-state index in [0.717, 1.165) is 10.5 Å². The number of carboxylic acids is 1. The number of rotatable bonds is 6. The number of amides is 2. The van der Waals surface area contributed by atoms with Gasteiger partial charge in [0.1, 0.15) is 6.54 Å². The van der Waals surface area contributed by atoms with Crippen LogP contribution in [0.25, 0.3) is 0 Å². The van der Waals surface area contributed by atoms with Crippen LogP contribution < -0.4 is 5.32 Å². The summed E-state index contributed by atoms with van der Waals surface area (Å²) in [6.07, 6.45) is 4.73. The van der Waals surface area contributed by atoms with Crippen molar-refractivity contribution < 1.29 is 14.7 Å². The van der Waals surface area contributed by atoms with Gasteiger partial charge in [-0.25, -0.2) is 4.79 Å². The van der Waals surface area contributed by atoms with Crippen LogP contribution in [0.3, 0.4) is 0 Å². The molecule has 0 spiro atoms. The van der Waals surface area contributed by atoms with Crippen molar-refractivity contribution in [2.24, 2.45) is 0 Å². The van der Waals surface area contributed by atoms with Gasteiger partial charge in [-0.1, -0.05) is 6.08 Å². The number of carbonyl (C=O) groups excluding carboxylic acids is 1. The highest BCUT2D eigenvalue weighted by molar-refractivity contribution is 5.80. The van der Waals surface area contributed by atoms with Gasteiger partial charge in [0.25, 0.3) is 0 Å². The Hall–Kier alpha value is -2.37. The molecule has 0 fully saturated rings. The Kier molecular flexibility index (Phi) is 5.37. The van der Waals surface area contributed by atoms with E-state index in [0.29, 0.717) is 6.54 Å². The largest absolute Gasteiger partial charge is 0.480 e. The summed E-state index contributed by atoms with van der Waals surface area (Å²) in [6, 6.07) is 3.11. The van der Waals surface area contributed by atoms with Crippen molar-refractivity contribution >= 4 is 12.0 Å². The highest BCUT2D eigenvalue weighted by Crippen LogP contribution is 1.97. The summed E-state index contributed by atoms with van der Waals surface area (Å²) in [6.45, 7) is 3.65. The van der Waals surface area contributed by atoms with Crippen molar-refractivity contribution in [1.29, 1.82) is 0 Å². The minimum Gasteiger partial charge on any atom is -0.480 e. The van der Waals surface area contributed by atoms with Crippen LogP contribution >= 0.6 is 0 Å².